The average molecular weight is 346 g/mol. The molecule has 1 aromatic rings. The summed E-state index contributed by atoms with van der Waals surface area (Å²) in [5.74, 6) is 0.529. The van der Waals surface area contributed by atoms with Gasteiger partial charge in [-0.15, -0.1) is 0 Å². The van der Waals surface area contributed by atoms with Gasteiger partial charge in [0.05, 0.1) is 4.90 Å². The lowest BCUT2D eigenvalue weighted by atomic mass is 10.1. The van der Waals surface area contributed by atoms with Crippen molar-refractivity contribution in [3.63, 3.8) is 0 Å². The van der Waals surface area contributed by atoms with E-state index >= 15 is 0 Å². The molecule has 0 bridgehead atoms. The van der Waals surface area contributed by atoms with E-state index in [4.69, 9.17) is 0 Å². The van der Waals surface area contributed by atoms with Crippen LogP contribution >= 0.6 is 15.9 Å². The molecule has 0 atom stereocenters. The van der Waals surface area contributed by atoms with Crippen molar-refractivity contribution in [1.82, 2.24) is 4.31 Å². The van der Waals surface area contributed by atoms with Gasteiger partial charge in [0.2, 0.25) is 10.0 Å². The number of sulfonamides is 1. The Morgan fingerprint density at radius 3 is 2.32 bits per heavy atom. The van der Waals surface area contributed by atoms with Crippen LogP contribution in [0.3, 0.4) is 0 Å². The fraction of sp³-hybridized carbons (Fsp3) is 0.571. The number of hydrogen-bond donors (Lipinski definition) is 0. The van der Waals surface area contributed by atoms with Gasteiger partial charge in [-0.3, -0.25) is 0 Å². The number of rotatable bonds is 5. The summed E-state index contributed by atoms with van der Waals surface area (Å²) in [6, 6.07) is 7.09. The van der Waals surface area contributed by atoms with Crippen molar-refractivity contribution >= 4 is 26.0 Å². The third kappa shape index (κ3) is 3.58. The van der Waals surface area contributed by atoms with Gasteiger partial charge in [-0.25, -0.2) is 12.7 Å². The second kappa shape index (κ2) is 6.37. The molecule has 1 fully saturated rings. The Kier molecular flexibility index (Phi) is 5.03. The predicted molar refractivity (Wildman–Crippen MR) is 80.8 cm³/mol. The zero-order valence-corrected chi connectivity index (χ0v) is 13.6. The molecule has 1 aromatic carbocycles. The molecular formula is C14H20BrNO2S. The minimum absolute atomic E-state index is 0.387. The van der Waals surface area contributed by atoms with Crippen molar-refractivity contribution in [2.75, 3.05) is 13.6 Å². The molecule has 0 aromatic heterocycles. The van der Waals surface area contributed by atoms with E-state index in [1.54, 1.807) is 19.2 Å². The van der Waals surface area contributed by atoms with Crippen LogP contribution in [0, 0.1) is 5.92 Å². The van der Waals surface area contributed by atoms with Gasteiger partial charge in [0.1, 0.15) is 0 Å². The van der Waals surface area contributed by atoms with E-state index in [1.807, 2.05) is 12.1 Å². The third-order valence-corrected chi connectivity index (χ3v) is 6.26. The molecule has 0 spiro atoms. The molecule has 0 radical (unpaired) electrons. The van der Waals surface area contributed by atoms with Gasteiger partial charge in [0, 0.05) is 18.9 Å². The first-order valence-corrected chi connectivity index (χ1v) is 9.21. The van der Waals surface area contributed by atoms with E-state index in [1.165, 1.54) is 17.1 Å². The molecule has 0 aliphatic heterocycles. The van der Waals surface area contributed by atoms with Crippen molar-refractivity contribution in [1.29, 1.82) is 0 Å². The first-order chi connectivity index (χ1) is 9.04. The molecule has 2 rings (SSSR count). The van der Waals surface area contributed by atoms with Crippen molar-refractivity contribution < 1.29 is 8.42 Å². The lowest BCUT2D eigenvalue weighted by Gasteiger charge is -2.20. The lowest BCUT2D eigenvalue weighted by Crippen LogP contribution is -2.31. The van der Waals surface area contributed by atoms with E-state index in [0.29, 0.717) is 17.4 Å². The first-order valence-electron chi connectivity index (χ1n) is 6.65. The molecule has 0 amide bonds. The summed E-state index contributed by atoms with van der Waals surface area (Å²) in [7, 11) is -1.65. The summed E-state index contributed by atoms with van der Waals surface area (Å²) in [6.07, 6.45) is 4.78. The molecule has 0 unspecified atom stereocenters. The van der Waals surface area contributed by atoms with E-state index in [0.717, 1.165) is 23.7 Å². The van der Waals surface area contributed by atoms with Gasteiger partial charge in [0.15, 0.2) is 0 Å². The summed E-state index contributed by atoms with van der Waals surface area (Å²) in [5.41, 5.74) is 1.08. The lowest BCUT2D eigenvalue weighted by molar-refractivity contribution is 0.387. The molecule has 3 nitrogen and oxygen atoms in total. The highest BCUT2D eigenvalue weighted by Gasteiger charge is 2.25. The van der Waals surface area contributed by atoms with Crippen LogP contribution in [0.25, 0.3) is 0 Å². The van der Waals surface area contributed by atoms with Crippen LogP contribution in [0.1, 0.15) is 31.2 Å². The van der Waals surface area contributed by atoms with Crippen molar-refractivity contribution in [2.45, 2.75) is 35.9 Å². The monoisotopic (exact) mass is 345 g/mol. The average Bonchev–Trinajstić information content (AvgIpc) is 2.91. The van der Waals surface area contributed by atoms with Gasteiger partial charge in [-0.2, -0.15) is 0 Å². The highest BCUT2D eigenvalue weighted by molar-refractivity contribution is 9.08. The number of alkyl halides is 1. The molecular weight excluding hydrogens is 326 g/mol. The van der Waals surface area contributed by atoms with Crippen LogP contribution in [-0.2, 0) is 15.4 Å². The molecule has 5 heteroatoms. The minimum atomic E-state index is -3.33. The number of nitrogens with zero attached hydrogens (tertiary/aromatic N) is 1. The van der Waals surface area contributed by atoms with Gasteiger partial charge < -0.3 is 0 Å². The normalized spacial score (nSPS) is 17.2. The Morgan fingerprint density at radius 1 is 1.21 bits per heavy atom. The minimum Gasteiger partial charge on any atom is -0.207 e. The maximum atomic E-state index is 12.4. The topological polar surface area (TPSA) is 37.4 Å². The second-order valence-electron chi connectivity index (χ2n) is 5.21. The maximum Gasteiger partial charge on any atom is 0.242 e. The molecule has 0 heterocycles. The molecule has 106 valence electrons. The SMILES string of the molecule is CN(CC1CCCC1)S(=O)(=O)c1ccc(CBr)cc1. The highest BCUT2D eigenvalue weighted by Crippen LogP contribution is 2.27. The number of halogens is 1. The molecule has 0 N–H and O–H groups in total. The largest absolute Gasteiger partial charge is 0.242 e. The van der Waals surface area contributed by atoms with Crippen molar-refractivity contribution in [3.05, 3.63) is 29.8 Å². The quantitative estimate of drug-likeness (QED) is 0.767. The standard InChI is InChI=1S/C14H20BrNO2S/c1-16(11-13-4-2-3-5-13)19(17,18)14-8-6-12(10-15)7-9-14/h6-9,13H,2-5,10-11H2,1H3. The smallest absolute Gasteiger partial charge is 0.207 e. The predicted octanol–water partition coefficient (Wildman–Crippen LogP) is 3.39. The Hall–Kier alpha value is -0.390. The van der Waals surface area contributed by atoms with Crippen LogP contribution < -0.4 is 0 Å². The van der Waals surface area contributed by atoms with Gasteiger partial charge in [0.25, 0.3) is 0 Å². The third-order valence-electron chi connectivity index (χ3n) is 3.78. The molecule has 1 aliphatic rings. The van der Waals surface area contributed by atoms with Crippen LogP contribution in [0.15, 0.2) is 29.2 Å². The first kappa shape index (κ1) is 15.0. The van der Waals surface area contributed by atoms with Crippen LogP contribution in [0.4, 0.5) is 0 Å². The number of benzene rings is 1. The fourth-order valence-electron chi connectivity index (χ4n) is 2.59. The zero-order chi connectivity index (χ0) is 13.9. The van der Waals surface area contributed by atoms with Gasteiger partial charge in [-0.1, -0.05) is 40.9 Å². The Morgan fingerprint density at radius 2 is 1.79 bits per heavy atom. The van der Waals surface area contributed by atoms with E-state index in [-0.39, 0.29) is 0 Å². The van der Waals surface area contributed by atoms with Gasteiger partial charge in [-0.05, 0) is 36.5 Å². The van der Waals surface area contributed by atoms with Crippen molar-refractivity contribution in [3.8, 4) is 0 Å². The summed E-state index contributed by atoms with van der Waals surface area (Å²) in [5, 5.41) is 0.741. The second-order valence-corrected chi connectivity index (χ2v) is 7.82. The zero-order valence-electron chi connectivity index (χ0n) is 11.2. The Labute approximate surface area is 124 Å². The summed E-state index contributed by atoms with van der Waals surface area (Å²) >= 11 is 3.36. The van der Waals surface area contributed by atoms with Crippen LogP contribution in [0.2, 0.25) is 0 Å². The van der Waals surface area contributed by atoms with Gasteiger partial charge >= 0.3 is 0 Å². The molecule has 19 heavy (non-hydrogen) atoms. The van der Waals surface area contributed by atoms with E-state index < -0.39 is 10.0 Å². The summed E-state index contributed by atoms with van der Waals surface area (Å²) in [4.78, 5) is 0.387. The highest BCUT2D eigenvalue weighted by atomic mass is 79.9. The molecule has 0 saturated heterocycles. The van der Waals surface area contributed by atoms with E-state index in [9.17, 15) is 8.42 Å². The Balaban J connectivity index is 2.10. The van der Waals surface area contributed by atoms with Crippen LogP contribution in [-0.4, -0.2) is 26.3 Å². The Bertz CT molecular complexity index is 507. The van der Waals surface area contributed by atoms with E-state index in [2.05, 4.69) is 15.9 Å². The summed E-state index contributed by atoms with van der Waals surface area (Å²) in [6.45, 7) is 0.641. The fourth-order valence-corrected chi connectivity index (χ4v) is 4.21. The van der Waals surface area contributed by atoms with Crippen molar-refractivity contribution in [2.24, 2.45) is 5.92 Å². The maximum absolute atomic E-state index is 12.4. The summed E-state index contributed by atoms with van der Waals surface area (Å²) < 4.78 is 26.4. The molecule has 1 saturated carbocycles. The molecule has 1 aliphatic carbocycles. The van der Waals surface area contributed by atoms with Crippen LogP contribution in [0.5, 0.6) is 0 Å². The number of hydrogen-bond acceptors (Lipinski definition) is 2.